The summed E-state index contributed by atoms with van der Waals surface area (Å²) in [6.07, 6.45) is -4.84. The maximum Gasteiger partial charge on any atom is 0.390 e. The third kappa shape index (κ3) is 3.93. The van der Waals surface area contributed by atoms with Gasteiger partial charge in [0.25, 0.3) is 0 Å². The Labute approximate surface area is 109 Å². The van der Waals surface area contributed by atoms with Gasteiger partial charge < -0.3 is 0 Å². The minimum absolute atomic E-state index is 0.139. The lowest BCUT2D eigenvalue weighted by molar-refractivity contribution is -0.137. The zero-order valence-electron chi connectivity index (χ0n) is 10.7. The predicted molar refractivity (Wildman–Crippen MR) is 63.0 cm³/mol. The lowest BCUT2D eigenvalue weighted by Crippen LogP contribution is -2.17. The van der Waals surface area contributed by atoms with E-state index in [1.165, 1.54) is 0 Å². The van der Waals surface area contributed by atoms with Crippen LogP contribution in [-0.2, 0) is 29.4 Å². The predicted octanol–water partition coefficient (Wildman–Crippen LogP) is 1.61. The minimum Gasteiger partial charge on any atom is -0.268 e. The van der Waals surface area contributed by atoms with Gasteiger partial charge in [0.2, 0.25) is 10.0 Å². The van der Waals surface area contributed by atoms with Crippen molar-refractivity contribution in [2.24, 2.45) is 5.14 Å². The summed E-state index contributed by atoms with van der Waals surface area (Å²) in [6.45, 7) is 2.91. The number of hydrogen-bond donors (Lipinski definition) is 1. The molecule has 1 rings (SSSR count). The lowest BCUT2D eigenvalue weighted by atomic mass is 10.2. The van der Waals surface area contributed by atoms with E-state index in [0.717, 1.165) is 4.68 Å². The molecule has 1 heterocycles. The molecule has 19 heavy (non-hydrogen) atoms. The van der Waals surface area contributed by atoms with Crippen molar-refractivity contribution in [1.82, 2.24) is 9.78 Å². The zero-order valence-corrected chi connectivity index (χ0v) is 11.5. The van der Waals surface area contributed by atoms with Crippen molar-refractivity contribution in [3.8, 4) is 0 Å². The van der Waals surface area contributed by atoms with E-state index in [2.05, 4.69) is 5.10 Å². The molecule has 110 valence electrons. The average molecular weight is 299 g/mol. The van der Waals surface area contributed by atoms with Crippen LogP contribution in [0, 0.1) is 0 Å². The zero-order chi connectivity index (χ0) is 14.8. The summed E-state index contributed by atoms with van der Waals surface area (Å²) >= 11 is 0. The second-order valence-corrected chi connectivity index (χ2v) is 5.56. The molecule has 1 aromatic rings. The van der Waals surface area contributed by atoms with Gasteiger partial charge in [-0.25, -0.2) is 13.6 Å². The Balaban J connectivity index is 3.24. The number of aromatic nitrogens is 2. The molecule has 0 aliphatic carbocycles. The highest BCUT2D eigenvalue weighted by atomic mass is 32.2. The van der Waals surface area contributed by atoms with E-state index < -0.39 is 29.2 Å². The maximum absolute atomic E-state index is 12.2. The highest BCUT2D eigenvalue weighted by Gasteiger charge is 2.29. The lowest BCUT2D eigenvalue weighted by Gasteiger charge is -2.09. The average Bonchev–Trinajstić information content (AvgIpc) is 2.62. The van der Waals surface area contributed by atoms with Crippen LogP contribution in [0.3, 0.4) is 0 Å². The number of halogens is 3. The first-order valence-electron chi connectivity index (χ1n) is 5.78. The molecular weight excluding hydrogens is 283 g/mol. The van der Waals surface area contributed by atoms with Crippen molar-refractivity contribution in [3.63, 3.8) is 0 Å². The van der Waals surface area contributed by atoms with E-state index in [-0.39, 0.29) is 29.1 Å². The highest BCUT2D eigenvalue weighted by molar-refractivity contribution is 7.89. The van der Waals surface area contributed by atoms with Gasteiger partial charge in [0.05, 0.1) is 17.8 Å². The number of aryl methyl sites for hydroxylation is 2. The normalized spacial score (nSPS) is 12.9. The van der Waals surface area contributed by atoms with Gasteiger partial charge in [0, 0.05) is 6.54 Å². The first kappa shape index (κ1) is 16.0. The summed E-state index contributed by atoms with van der Waals surface area (Å²) < 4.78 is 60.8. The van der Waals surface area contributed by atoms with Crippen molar-refractivity contribution < 1.29 is 21.6 Å². The summed E-state index contributed by atoms with van der Waals surface area (Å²) in [7, 11) is -3.99. The fourth-order valence-corrected chi connectivity index (χ4v) is 2.95. The van der Waals surface area contributed by atoms with Gasteiger partial charge in [-0.1, -0.05) is 13.8 Å². The van der Waals surface area contributed by atoms with Gasteiger partial charge in [-0.15, -0.1) is 0 Å². The molecule has 2 N–H and O–H groups in total. The molecule has 0 aliphatic heterocycles. The summed E-state index contributed by atoms with van der Waals surface area (Å²) in [6, 6.07) is 0. The molecule has 0 unspecified atom stereocenters. The van der Waals surface area contributed by atoms with Crippen molar-refractivity contribution in [3.05, 3.63) is 11.4 Å². The Kier molecular flexibility index (Phi) is 4.62. The van der Waals surface area contributed by atoms with Crippen molar-refractivity contribution in [2.75, 3.05) is 0 Å². The fourth-order valence-electron chi connectivity index (χ4n) is 1.86. The Morgan fingerprint density at radius 2 is 1.84 bits per heavy atom. The van der Waals surface area contributed by atoms with Crippen LogP contribution in [0.1, 0.15) is 31.7 Å². The maximum atomic E-state index is 12.2. The Morgan fingerprint density at radius 1 is 1.26 bits per heavy atom. The Hall–Kier alpha value is -1.09. The van der Waals surface area contributed by atoms with E-state index in [1.807, 2.05) is 0 Å². The number of alkyl halides is 3. The quantitative estimate of drug-likeness (QED) is 0.897. The van der Waals surface area contributed by atoms with Crippen molar-refractivity contribution >= 4 is 10.0 Å². The number of nitrogens with two attached hydrogens (primary N) is 1. The molecular formula is C10H16F3N3O2S. The monoisotopic (exact) mass is 299 g/mol. The second kappa shape index (κ2) is 5.49. The van der Waals surface area contributed by atoms with Crippen LogP contribution in [0.4, 0.5) is 13.2 Å². The minimum atomic E-state index is -4.31. The molecule has 0 aromatic carbocycles. The third-order valence-corrected chi connectivity index (χ3v) is 3.68. The second-order valence-electron chi connectivity index (χ2n) is 4.06. The van der Waals surface area contributed by atoms with Crippen LogP contribution < -0.4 is 5.14 Å². The van der Waals surface area contributed by atoms with E-state index >= 15 is 0 Å². The summed E-state index contributed by atoms with van der Waals surface area (Å²) in [5.74, 6) is 0. The van der Waals surface area contributed by atoms with E-state index in [1.54, 1.807) is 13.8 Å². The molecule has 9 heteroatoms. The van der Waals surface area contributed by atoms with Crippen LogP contribution in [0.15, 0.2) is 4.90 Å². The smallest absolute Gasteiger partial charge is 0.268 e. The highest BCUT2D eigenvalue weighted by Crippen LogP contribution is 2.24. The molecule has 0 atom stereocenters. The first-order valence-corrected chi connectivity index (χ1v) is 7.32. The molecule has 0 radical (unpaired) electrons. The molecule has 0 aliphatic rings. The SMILES string of the molecule is CCc1nn(CCC(F)(F)F)c(CC)c1S(N)(=O)=O. The van der Waals surface area contributed by atoms with Crippen molar-refractivity contribution in [2.45, 2.75) is 50.7 Å². The summed E-state index contributed by atoms with van der Waals surface area (Å²) in [5.41, 5.74) is 0.435. The molecule has 1 aromatic heterocycles. The molecule has 0 fully saturated rings. The molecule has 0 saturated carbocycles. The summed E-state index contributed by atoms with van der Waals surface area (Å²) in [5, 5.41) is 9.03. The molecule has 0 spiro atoms. The van der Waals surface area contributed by atoms with Crippen LogP contribution in [0.5, 0.6) is 0 Å². The topological polar surface area (TPSA) is 78.0 Å². The first-order chi connectivity index (χ1) is 8.60. The standard InChI is InChI=1S/C10H16F3N3O2S/c1-3-7-9(19(14,17)18)8(4-2)16(15-7)6-5-10(11,12)13/h3-6H2,1-2H3,(H2,14,17,18). The number of nitrogens with zero attached hydrogens (tertiary/aromatic N) is 2. The Morgan fingerprint density at radius 3 is 2.21 bits per heavy atom. The number of hydrogen-bond acceptors (Lipinski definition) is 3. The van der Waals surface area contributed by atoms with Crippen molar-refractivity contribution in [1.29, 1.82) is 0 Å². The summed E-state index contributed by atoms with van der Waals surface area (Å²) in [4.78, 5) is -0.139. The van der Waals surface area contributed by atoms with E-state index in [0.29, 0.717) is 0 Å². The van der Waals surface area contributed by atoms with Crippen LogP contribution in [-0.4, -0.2) is 24.4 Å². The molecule has 0 saturated heterocycles. The van der Waals surface area contributed by atoms with Gasteiger partial charge in [0.1, 0.15) is 4.90 Å². The molecule has 0 amide bonds. The van der Waals surface area contributed by atoms with Gasteiger partial charge >= 0.3 is 6.18 Å². The van der Waals surface area contributed by atoms with Crippen LogP contribution >= 0.6 is 0 Å². The fraction of sp³-hybridized carbons (Fsp3) is 0.700. The number of rotatable bonds is 5. The van der Waals surface area contributed by atoms with Gasteiger partial charge in [-0.05, 0) is 12.8 Å². The van der Waals surface area contributed by atoms with E-state index in [4.69, 9.17) is 5.14 Å². The molecule has 5 nitrogen and oxygen atoms in total. The van der Waals surface area contributed by atoms with E-state index in [9.17, 15) is 21.6 Å². The van der Waals surface area contributed by atoms with Gasteiger partial charge in [-0.2, -0.15) is 18.3 Å². The Bertz CT molecular complexity index is 549. The van der Waals surface area contributed by atoms with Gasteiger partial charge in [-0.3, -0.25) is 4.68 Å². The van der Waals surface area contributed by atoms with Gasteiger partial charge in [0.15, 0.2) is 0 Å². The largest absolute Gasteiger partial charge is 0.390 e. The van der Waals surface area contributed by atoms with Crippen LogP contribution in [0.25, 0.3) is 0 Å². The van der Waals surface area contributed by atoms with Crippen LogP contribution in [0.2, 0.25) is 0 Å². The third-order valence-electron chi connectivity index (χ3n) is 2.64. The number of primary sulfonamides is 1. The number of sulfonamides is 1. The molecule has 0 bridgehead atoms.